The summed E-state index contributed by atoms with van der Waals surface area (Å²) in [6.07, 6.45) is 7.75. The number of hydrogen-bond donors (Lipinski definition) is 0. The highest BCUT2D eigenvalue weighted by molar-refractivity contribution is 5.35. The average molecular weight is 212 g/mol. The van der Waals surface area contributed by atoms with Crippen molar-refractivity contribution < 1.29 is 0 Å². The van der Waals surface area contributed by atoms with Gasteiger partial charge in [0, 0.05) is 18.9 Å². The molecule has 0 fully saturated rings. The topological polar surface area (TPSA) is 17.8 Å². The van der Waals surface area contributed by atoms with E-state index < -0.39 is 0 Å². The maximum Gasteiger partial charge on any atom is 0.105 e. The molecule has 0 saturated heterocycles. The number of aryl methyl sites for hydroxylation is 3. The van der Waals surface area contributed by atoms with Gasteiger partial charge in [0.1, 0.15) is 5.82 Å². The van der Waals surface area contributed by atoms with Crippen LogP contribution in [0.5, 0.6) is 0 Å². The molecule has 82 valence electrons. The Labute approximate surface area is 95.9 Å². The van der Waals surface area contributed by atoms with Crippen LogP contribution in [0.2, 0.25) is 0 Å². The van der Waals surface area contributed by atoms with E-state index in [9.17, 15) is 0 Å². The molecule has 16 heavy (non-hydrogen) atoms. The Kier molecular flexibility index (Phi) is 2.28. The summed E-state index contributed by atoms with van der Waals surface area (Å²) in [5, 5.41) is 0. The van der Waals surface area contributed by atoms with E-state index >= 15 is 0 Å². The van der Waals surface area contributed by atoms with Gasteiger partial charge in [0.2, 0.25) is 0 Å². The van der Waals surface area contributed by atoms with Gasteiger partial charge in [-0.15, -0.1) is 0 Å². The minimum Gasteiger partial charge on any atom is -0.331 e. The molecule has 0 spiro atoms. The second-order valence-electron chi connectivity index (χ2n) is 4.56. The second-order valence-corrected chi connectivity index (χ2v) is 4.56. The van der Waals surface area contributed by atoms with Crippen LogP contribution in [0.4, 0.5) is 0 Å². The number of nitrogens with zero attached hydrogens (tertiary/aromatic N) is 2. The first-order valence-electron chi connectivity index (χ1n) is 5.91. The van der Waals surface area contributed by atoms with Crippen molar-refractivity contribution in [1.82, 2.24) is 9.55 Å². The zero-order valence-electron chi connectivity index (χ0n) is 9.61. The second kappa shape index (κ2) is 3.78. The SMILES string of the molecule is Cc1nccn1Cc1ccc2c(c1)CCC2. The Bertz CT molecular complexity index is 511. The molecule has 1 aliphatic carbocycles. The van der Waals surface area contributed by atoms with Gasteiger partial charge >= 0.3 is 0 Å². The molecule has 0 atom stereocenters. The molecule has 0 unspecified atom stereocenters. The number of rotatable bonds is 2. The van der Waals surface area contributed by atoms with Gasteiger partial charge in [-0.05, 0) is 42.9 Å². The van der Waals surface area contributed by atoms with Gasteiger partial charge in [-0.1, -0.05) is 18.2 Å². The van der Waals surface area contributed by atoms with Crippen LogP contribution >= 0.6 is 0 Å². The third-order valence-corrected chi connectivity index (χ3v) is 3.44. The standard InChI is InChI=1S/C14H16N2/c1-11-15-7-8-16(11)10-12-5-6-13-3-2-4-14(13)9-12/h5-9H,2-4,10H2,1H3. The molecule has 0 N–H and O–H groups in total. The Hall–Kier alpha value is -1.57. The van der Waals surface area contributed by atoms with Crippen LogP contribution in [0, 0.1) is 6.92 Å². The van der Waals surface area contributed by atoms with Crippen molar-refractivity contribution in [3.63, 3.8) is 0 Å². The lowest BCUT2D eigenvalue weighted by atomic mass is 10.1. The molecule has 0 aliphatic heterocycles. The molecule has 0 amide bonds. The first kappa shape index (κ1) is 9.64. The van der Waals surface area contributed by atoms with Crippen molar-refractivity contribution in [2.24, 2.45) is 0 Å². The summed E-state index contributed by atoms with van der Waals surface area (Å²) in [5.74, 6) is 1.08. The van der Waals surface area contributed by atoms with Crippen molar-refractivity contribution in [3.05, 3.63) is 53.1 Å². The maximum atomic E-state index is 4.25. The number of aromatic nitrogens is 2. The van der Waals surface area contributed by atoms with E-state index in [4.69, 9.17) is 0 Å². The van der Waals surface area contributed by atoms with Crippen molar-refractivity contribution in [2.45, 2.75) is 32.7 Å². The van der Waals surface area contributed by atoms with Crippen molar-refractivity contribution >= 4 is 0 Å². The lowest BCUT2D eigenvalue weighted by molar-refractivity contribution is 0.760. The Morgan fingerprint density at radius 1 is 1.25 bits per heavy atom. The highest BCUT2D eigenvalue weighted by Gasteiger charge is 2.10. The lowest BCUT2D eigenvalue weighted by Crippen LogP contribution is -2.01. The van der Waals surface area contributed by atoms with Crippen LogP contribution in [-0.4, -0.2) is 9.55 Å². The molecule has 0 saturated carbocycles. The van der Waals surface area contributed by atoms with Gasteiger partial charge in [0.15, 0.2) is 0 Å². The quantitative estimate of drug-likeness (QED) is 0.748. The van der Waals surface area contributed by atoms with Crippen LogP contribution in [-0.2, 0) is 19.4 Å². The van der Waals surface area contributed by atoms with E-state index in [2.05, 4.69) is 27.8 Å². The number of benzene rings is 1. The van der Waals surface area contributed by atoms with Crippen LogP contribution < -0.4 is 0 Å². The Morgan fingerprint density at radius 3 is 2.94 bits per heavy atom. The number of imidazole rings is 1. The summed E-state index contributed by atoms with van der Waals surface area (Å²) in [5.41, 5.74) is 4.49. The molecule has 1 aliphatic rings. The van der Waals surface area contributed by atoms with E-state index in [-0.39, 0.29) is 0 Å². The molecule has 0 radical (unpaired) electrons. The van der Waals surface area contributed by atoms with E-state index in [0.29, 0.717) is 0 Å². The lowest BCUT2D eigenvalue weighted by Gasteiger charge is -2.07. The first-order valence-corrected chi connectivity index (χ1v) is 5.91. The van der Waals surface area contributed by atoms with Crippen molar-refractivity contribution in [2.75, 3.05) is 0 Å². The molecule has 0 bridgehead atoms. The van der Waals surface area contributed by atoms with Gasteiger partial charge in [-0.3, -0.25) is 0 Å². The summed E-state index contributed by atoms with van der Waals surface area (Å²) in [4.78, 5) is 4.25. The van der Waals surface area contributed by atoms with Gasteiger partial charge in [0.25, 0.3) is 0 Å². The summed E-state index contributed by atoms with van der Waals surface area (Å²) >= 11 is 0. The summed E-state index contributed by atoms with van der Waals surface area (Å²) < 4.78 is 2.19. The third-order valence-electron chi connectivity index (χ3n) is 3.44. The molecule has 2 heteroatoms. The molecule has 1 heterocycles. The summed E-state index contributed by atoms with van der Waals surface area (Å²) in [7, 11) is 0. The van der Waals surface area contributed by atoms with Crippen molar-refractivity contribution in [1.29, 1.82) is 0 Å². The molecular weight excluding hydrogens is 196 g/mol. The average Bonchev–Trinajstić information content (AvgIpc) is 2.88. The van der Waals surface area contributed by atoms with Gasteiger partial charge in [-0.25, -0.2) is 4.98 Å². The van der Waals surface area contributed by atoms with Crippen LogP contribution in [0.25, 0.3) is 0 Å². The smallest absolute Gasteiger partial charge is 0.105 e. The minimum atomic E-state index is 0.944. The molecule has 1 aromatic carbocycles. The molecular formula is C14H16N2. The molecule has 2 nitrogen and oxygen atoms in total. The van der Waals surface area contributed by atoms with Gasteiger partial charge in [0.05, 0.1) is 0 Å². The fraction of sp³-hybridized carbons (Fsp3) is 0.357. The zero-order chi connectivity index (χ0) is 11.0. The molecule has 3 rings (SSSR count). The van der Waals surface area contributed by atoms with Crippen molar-refractivity contribution in [3.8, 4) is 0 Å². The normalized spacial score (nSPS) is 14.1. The molecule has 2 aromatic rings. The predicted octanol–water partition coefficient (Wildman–Crippen LogP) is 2.73. The fourth-order valence-electron chi connectivity index (χ4n) is 2.49. The van der Waals surface area contributed by atoms with Crippen LogP contribution in [0.3, 0.4) is 0 Å². The summed E-state index contributed by atoms with van der Waals surface area (Å²) in [6.45, 7) is 2.99. The largest absolute Gasteiger partial charge is 0.331 e. The summed E-state index contributed by atoms with van der Waals surface area (Å²) in [6, 6.07) is 6.91. The highest BCUT2D eigenvalue weighted by Crippen LogP contribution is 2.23. The monoisotopic (exact) mass is 212 g/mol. The Morgan fingerprint density at radius 2 is 2.12 bits per heavy atom. The van der Waals surface area contributed by atoms with Gasteiger partial charge < -0.3 is 4.57 Å². The minimum absolute atomic E-state index is 0.944. The van der Waals surface area contributed by atoms with Crippen LogP contribution in [0.15, 0.2) is 30.6 Å². The first-order chi connectivity index (χ1) is 7.83. The predicted molar refractivity (Wildman–Crippen MR) is 64.5 cm³/mol. The van der Waals surface area contributed by atoms with Gasteiger partial charge in [-0.2, -0.15) is 0 Å². The van der Waals surface area contributed by atoms with E-state index in [1.165, 1.54) is 24.8 Å². The van der Waals surface area contributed by atoms with E-state index in [1.54, 1.807) is 11.1 Å². The molecule has 1 aromatic heterocycles. The number of fused-ring (bicyclic) bond motifs is 1. The van der Waals surface area contributed by atoms with E-state index in [0.717, 1.165) is 12.4 Å². The zero-order valence-corrected chi connectivity index (χ0v) is 9.61. The maximum absolute atomic E-state index is 4.25. The number of hydrogen-bond acceptors (Lipinski definition) is 1. The van der Waals surface area contributed by atoms with E-state index in [1.807, 2.05) is 19.3 Å². The fourth-order valence-corrected chi connectivity index (χ4v) is 2.49. The third kappa shape index (κ3) is 1.64. The highest BCUT2D eigenvalue weighted by atomic mass is 15.0. The Balaban J connectivity index is 1.88. The van der Waals surface area contributed by atoms with Crippen LogP contribution in [0.1, 0.15) is 28.9 Å².